The van der Waals surface area contributed by atoms with Gasteiger partial charge in [-0.1, -0.05) is 18.2 Å². The molecule has 1 aliphatic rings. The summed E-state index contributed by atoms with van der Waals surface area (Å²) in [4.78, 5) is 22.5. The number of imidazole rings is 1. The Bertz CT molecular complexity index is 896. The lowest BCUT2D eigenvalue weighted by Gasteiger charge is -2.34. The molecule has 2 aromatic heterocycles. The first-order chi connectivity index (χ1) is 11.6. The van der Waals surface area contributed by atoms with E-state index in [2.05, 4.69) is 9.97 Å². The summed E-state index contributed by atoms with van der Waals surface area (Å²) in [7, 11) is 0. The number of carbonyl (C=O) groups excluding carboxylic acids is 1. The Labute approximate surface area is 139 Å². The molecule has 1 N–H and O–H groups in total. The minimum atomic E-state index is -0.229. The fraction of sp³-hybridized carbons (Fsp3) is 0.333. The number of benzene rings is 1. The standard InChI is InChI=1S/C18H19N3O3/c1-11-9-19-17(20-11)14-10-23-8-7-21(14)18(22)16-12(2)13-5-3-4-6-15(13)24-16/h3-6,9,14H,7-8,10H2,1-2H3,(H,19,20). The second-order valence-electron chi connectivity index (χ2n) is 6.09. The fourth-order valence-corrected chi connectivity index (χ4v) is 3.18. The van der Waals surface area contributed by atoms with Crippen LogP contribution < -0.4 is 0 Å². The van der Waals surface area contributed by atoms with Crippen molar-refractivity contribution < 1.29 is 13.9 Å². The lowest BCUT2D eigenvalue weighted by atomic mass is 10.1. The molecule has 1 amide bonds. The van der Waals surface area contributed by atoms with Gasteiger partial charge in [0, 0.05) is 29.4 Å². The molecule has 1 unspecified atom stereocenters. The number of aromatic amines is 1. The summed E-state index contributed by atoms with van der Waals surface area (Å²) < 4.78 is 11.4. The summed E-state index contributed by atoms with van der Waals surface area (Å²) in [5.41, 5.74) is 2.57. The number of nitrogens with one attached hydrogen (secondary N) is 1. The molecule has 3 aromatic rings. The average molecular weight is 325 g/mol. The summed E-state index contributed by atoms with van der Waals surface area (Å²) in [6.07, 6.45) is 1.76. The van der Waals surface area contributed by atoms with Crippen LogP contribution in [0, 0.1) is 13.8 Å². The molecule has 4 rings (SSSR count). The van der Waals surface area contributed by atoms with E-state index in [1.165, 1.54) is 0 Å². The van der Waals surface area contributed by atoms with Gasteiger partial charge in [0.1, 0.15) is 17.4 Å². The van der Waals surface area contributed by atoms with Crippen molar-refractivity contribution in [3.8, 4) is 0 Å². The van der Waals surface area contributed by atoms with Crippen LogP contribution in [0.5, 0.6) is 0 Å². The Morgan fingerprint density at radius 3 is 2.92 bits per heavy atom. The Morgan fingerprint density at radius 2 is 2.17 bits per heavy atom. The van der Waals surface area contributed by atoms with Gasteiger partial charge in [-0.25, -0.2) is 4.98 Å². The van der Waals surface area contributed by atoms with Crippen LogP contribution in [0.25, 0.3) is 11.0 Å². The number of hydrogen-bond donors (Lipinski definition) is 1. The van der Waals surface area contributed by atoms with Crippen LogP contribution >= 0.6 is 0 Å². The molecule has 0 saturated carbocycles. The third kappa shape index (κ3) is 2.39. The number of nitrogens with zero attached hydrogens (tertiary/aromatic N) is 2. The maximum Gasteiger partial charge on any atom is 0.290 e. The molecule has 0 spiro atoms. The summed E-state index contributed by atoms with van der Waals surface area (Å²) in [6, 6.07) is 7.47. The molecule has 6 nitrogen and oxygen atoms in total. The molecular weight excluding hydrogens is 306 g/mol. The van der Waals surface area contributed by atoms with E-state index in [9.17, 15) is 4.79 Å². The smallest absolute Gasteiger partial charge is 0.290 e. The van der Waals surface area contributed by atoms with Crippen molar-refractivity contribution in [1.29, 1.82) is 0 Å². The van der Waals surface area contributed by atoms with Gasteiger partial charge in [-0.05, 0) is 19.9 Å². The number of aryl methyl sites for hydroxylation is 2. The van der Waals surface area contributed by atoms with Crippen LogP contribution in [0.4, 0.5) is 0 Å². The van der Waals surface area contributed by atoms with Crippen molar-refractivity contribution in [1.82, 2.24) is 14.9 Å². The lowest BCUT2D eigenvalue weighted by Crippen LogP contribution is -2.44. The summed E-state index contributed by atoms with van der Waals surface area (Å²) in [5.74, 6) is 1.02. The summed E-state index contributed by atoms with van der Waals surface area (Å²) in [5, 5.41) is 0.972. The number of furan rings is 1. The fourth-order valence-electron chi connectivity index (χ4n) is 3.18. The SMILES string of the molecule is Cc1cnc(C2COCCN2C(=O)c2oc3ccccc3c2C)[nH]1. The lowest BCUT2D eigenvalue weighted by molar-refractivity contribution is -0.00648. The molecule has 3 heterocycles. The highest BCUT2D eigenvalue weighted by molar-refractivity contribution is 5.99. The first-order valence-corrected chi connectivity index (χ1v) is 8.03. The zero-order valence-electron chi connectivity index (χ0n) is 13.7. The highest BCUT2D eigenvalue weighted by Gasteiger charge is 2.33. The highest BCUT2D eigenvalue weighted by atomic mass is 16.5. The first kappa shape index (κ1) is 15.0. The number of ether oxygens (including phenoxy) is 1. The van der Waals surface area contributed by atoms with Crippen molar-refractivity contribution in [2.24, 2.45) is 0 Å². The largest absolute Gasteiger partial charge is 0.451 e. The Hall–Kier alpha value is -2.60. The van der Waals surface area contributed by atoms with Gasteiger partial charge in [0.05, 0.1) is 13.2 Å². The predicted octanol–water partition coefficient (Wildman–Crippen LogP) is 2.99. The molecule has 24 heavy (non-hydrogen) atoms. The molecule has 0 radical (unpaired) electrons. The third-order valence-corrected chi connectivity index (χ3v) is 4.47. The van der Waals surface area contributed by atoms with Crippen LogP contribution in [0.15, 0.2) is 34.9 Å². The van der Waals surface area contributed by atoms with Crippen molar-refractivity contribution in [2.75, 3.05) is 19.8 Å². The number of carbonyl (C=O) groups is 1. The van der Waals surface area contributed by atoms with Gasteiger partial charge < -0.3 is 19.0 Å². The van der Waals surface area contributed by atoms with E-state index in [0.717, 1.165) is 28.1 Å². The monoisotopic (exact) mass is 325 g/mol. The van der Waals surface area contributed by atoms with E-state index < -0.39 is 0 Å². The number of H-pyrrole nitrogens is 1. The predicted molar refractivity (Wildman–Crippen MR) is 88.9 cm³/mol. The number of fused-ring (bicyclic) bond motifs is 1. The van der Waals surface area contributed by atoms with Crippen molar-refractivity contribution in [3.63, 3.8) is 0 Å². The molecule has 6 heteroatoms. The third-order valence-electron chi connectivity index (χ3n) is 4.47. The van der Waals surface area contributed by atoms with E-state index in [4.69, 9.17) is 9.15 Å². The Morgan fingerprint density at radius 1 is 1.33 bits per heavy atom. The number of hydrogen-bond acceptors (Lipinski definition) is 4. The van der Waals surface area contributed by atoms with E-state index in [0.29, 0.717) is 25.5 Å². The van der Waals surface area contributed by atoms with Gasteiger partial charge >= 0.3 is 0 Å². The van der Waals surface area contributed by atoms with Gasteiger partial charge in [-0.3, -0.25) is 4.79 Å². The average Bonchev–Trinajstić information content (AvgIpc) is 3.18. The number of para-hydroxylation sites is 1. The van der Waals surface area contributed by atoms with Crippen molar-refractivity contribution in [3.05, 3.63) is 53.3 Å². The van der Waals surface area contributed by atoms with Gasteiger partial charge in [-0.2, -0.15) is 0 Å². The molecule has 1 saturated heterocycles. The molecular formula is C18H19N3O3. The zero-order valence-corrected chi connectivity index (χ0v) is 13.7. The summed E-state index contributed by atoms with van der Waals surface area (Å²) in [6.45, 7) is 5.32. The molecule has 124 valence electrons. The maximum atomic E-state index is 13.1. The second kappa shape index (κ2) is 5.79. The topological polar surface area (TPSA) is 71.4 Å². The van der Waals surface area contributed by atoms with E-state index in [-0.39, 0.29) is 11.9 Å². The minimum absolute atomic E-state index is 0.119. The Balaban J connectivity index is 1.71. The van der Waals surface area contributed by atoms with Gasteiger partial charge in [0.15, 0.2) is 5.76 Å². The molecule has 1 fully saturated rings. The first-order valence-electron chi connectivity index (χ1n) is 8.03. The number of morpholine rings is 1. The van der Waals surface area contributed by atoms with E-state index >= 15 is 0 Å². The van der Waals surface area contributed by atoms with Gasteiger partial charge in [-0.15, -0.1) is 0 Å². The molecule has 1 aromatic carbocycles. The molecule has 1 aliphatic heterocycles. The highest BCUT2D eigenvalue weighted by Crippen LogP contribution is 2.29. The van der Waals surface area contributed by atoms with Crippen LogP contribution in [-0.4, -0.2) is 40.5 Å². The molecule has 1 atom stereocenters. The minimum Gasteiger partial charge on any atom is -0.451 e. The van der Waals surface area contributed by atoms with Crippen LogP contribution in [0.2, 0.25) is 0 Å². The second-order valence-corrected chi connectivity index (χ2v) is 6.09. The van der Waals surface area contributed by atoms with Crippen LogP contribution in [0.1, 0.15) is 33.7 Å². The Kier molecular flexibility index (Phi) is 3.61. The number of amides is 1. The van der Waals surface area contributed by atoms with E-state index in [1.54, 1.807) is 11.1 Å². The number of rotatable bonds is 2. The zero-order chi connectivity index (χ0) is 16.7. The molecule has 0 bridgehead atoms. The van der Waals surface area contributed by atoms with Gasteiger partial charge in [0.25, 0.3) is 5.91 Å². The van der Waals surface area contributed by atoms with E-state index in [1.807, 2.05) is 38.1 Å². The van der Waals surface area contributed by atoms with Crippen molar-refractivity contribution >= 4 is 16.9 Å². The normalized spacial score (nSPS) is 18.2. The van der Waals surface area contributed by atoms with Crippen LogP contribution in [-0.2, 0) is 4.74 Å². The molecule has 0 aliphatic carbocycles. The maximum absolute atomic E-state index is 13.1. The van der Waals surface area contributed by atoms with Gasteiger partial charge in [0.2, 0.25) is 0 Å². The van der Waals surface area contributed by atoms with Crippen molar-refractivity contribution in [2.45, 2.75) is 19.9 Å². The number of aromatic nitrogens is 2. The summed E-state index contributed by atoms with van der Waals surface area (Å²) >= 11 is 0. The van der Waals surface area contributed by atoms with Crippen LogP contribution in [0.3, 0.4) is 0 Å². The quantitative estimate of drug-likeness (QED) is 0.786.